The van der Waals surface area contributed by atoms with Crippen LogP contribution >= 0.6 is 0 Å². The van der Waals surface area contributed by atoms with Crippen molar-refractivity contribution in [3.63, 3.8) is 0 Å². The summed E-state index contributed by atoms with van der Waals surface area (Å²) < 4.78 is 0. The monoisotopic (exact) mass is 292 g/mol. The summed E-state index contributed by atoms with van der Waals surface area (Å²) in [4.78, 5) is 16.6. The second-order valence-corrected chi connectivity index (χ2v) is 5.93. The Balaban J connectivity index is 2.62. The second kappa shape index (κ2) is 8.62. The molecule has 0 aliphatic carbocycles. The van der Waals surface area contributed by atoms with Crippen molar-refractivity contribution < 1.29 is 4.79 Å². The average Bonchev–Trinajstić information content (AvgIpc) is 2.46. The maximum absolute atomic E-state index is 12.3. The van der Waals surface area contributed by atoms with E-state index in [9.17, 15) is 4.79 Å². The first-order valence-corrected chi connectivity index (χ1v) is 7.74. The molecule has 4 N–H and O–H groups in total. The lowest BCUT2D eigenvalue weighted by atomic mass is 10.0. The van der Waals surface area contributed by atoms with E-state index >= 15 is 0 Å². The summed E-state index contributed by atoms with van der Waals surface area (Å²) in [5.74, 6) is 6.55. The average molecular weight is 292 g/mol. The molecule has 118 valence electrons. The lowest BCUT2D eigenvalue weighted by Crippen LogP contribution is -2.32. The molecule has 1 heterocycles. The van der Waals surface area contributed by atoms with E-state index < -0.39 is 0 Å². The van der Waals surface area contributed by atoms with Gasteiger partial charge in [-0.1, -0.05) is 33.6 Å². The molecule has 0 aliphatic rings. The van der Waals surface area contributed by atoms with E-state index in [4.69, 9.17) is 5.84 Å². The van der Waals surface area contributed by atoms with Crippen LogP contribution in [0.1, 0.15) is 63.0 Å². The molecular weight excluding hydrogens is 264 g/mol. The fraction of sp³-hybridized carbons (Fsp3) is 0.625. The van der Waals surface area contributed by atoms with Gasteiger partial charge in [0.25, 0.3) is 5.91 Å². The van der Waals surface area contributed by atoms with E-state index in [0.717, 1.165) is 25.0 Å². The Labute approximate surface area is 127 Å². The van der Waals surface area contributed by atoms with E-state index in [2.05, 4.69) is 29.6 Å². The first-order valence-electron chi connectivity index (χ1n) is 7.74. The minimum absolute atomic E-state index is 0.0688. The highest BCUT2D eigenvalue weighted by Gasteiger charge is 2.12. The van der Waals surface area contributed by atoms with E-state index in [1.54, 1.807) is 6.07 Å². The largest absolute Gasteiger partial charge is 0.350 e. The number of carbonyl (C=O) groups excluding carboxylic acids is 1. The predicted molar refractivity (Wildman–Crippen MR) is 87.0 cm³/mol. The molecule has 5 heteroatoms. The summed E-state index contributed by atoms with van der Waals surface area (Å²) in [7, 11) is 0. The number of nitrogens with two attached hydrogens (primary N) is 1. The van der Waals surface area contributed by atoms with Gasteiger partial charge in [-0.3, -0.25) is 4.79 Å². The number of carbonyl (C=O) groups is 1. The quantitative estimate of drug-likeness (QED) is 0.508. The summed E-state index contributed by atoms with van der Waals surface area (Å²) in [6, 6.07) is 3.66. The molecule has 0 saturated heterocycles. The SMILES string of the molecule is CCc1cc(C(=O)NC(C)CCCC(C)C)cc(NN)n1. The Kier molecular flexibility index (Phi) is 7.15. The Bertz CT molecular complexity index is 437. The lowest BCUT2D eigenvalue weighted by Gasteiger charge is -2.15. The number of hydrazine groups is 1. The fourth-order valence-corrected chi connectivity index (χ4v) is 2.19. The van der Waals surface area contributed by atoms with Gasteiger partial charge in [-0.2, -0.15) is 0 Å². The molecule has 0 radical (unpaired) electrons. The molecule has 0 saturated carbocycles. The normalized spacial score (nSPS) is 12.3. The Hall–Kier alpha value is -1.62. The second-order valence-electron chi connectivity index (χ2n) is 5.93. The van der Waals surface area contributed by atoms with Crippen molar-refractivity contribution in [3.8, 4) is 0 Å². The van der Waals surface area contributed by atoms with E-state index in [-0.39, 0.29) is 11.9 Å². The third-order valence-electron chi connectivity index (χ3n) is 3.45. The van der Waals surface area contributed by atoms with Crippen molar-refractivity contribution in [2.45, 2.75) is 59.4 Å². The maximum atomic E-state index is 12.3. The number of hydrogen-bond acceptors (Lipinski definition) is 4. The van der Waals surface area contributed by atoms with Crippen molar-refractivity contribution >= 4 is 11.7 Å². The summed E-state index contributed by atoms with van der Waals surface area (Å²) >= 11 is 0. The highest BCUT2D eigenvalue weighted by atomic mass is 16.1. The van der Waals surface area contributed by atoms with Crippen LogP contribution in [-0.4, -0.2) is 16.9 Å². The van der Waals surface area contributed by atoms with Crippen molar-refractivity contribution in [3.05, 3.63) is 23.4 Å². The number of aromatic nitrogens is 1. The lowest BCUT2D eigenvalue weighted by molar-refractivity contribution is 0.0937. The number of nitrogens with one attached hydrogen (secondary N) is 2. The van der Waals surface area contributed by atoms with Gasteiger partial charge >= 0.3 is 0 Å². The van der Waals surface area contributed by atoms with Crippen molar-refractivity contribution in [2.24, 2.45) is 11.8 Å². The number of amides is 1. The minimum atomic E-state index is -0.0688. The van der Waals surface area contributed by atoms with E-state index in [0.29, 0.717) is 17.3 Å². The molecule has 0 aliphatic heterocycles. The topological polar surface area (TPSA) is 80.0 Å². The smallest absolute Gasteiger partial charge is 0.251 e. The number of anilines is 1. The van der Waals surface area contributed by atoms with Crippen LogP contribution in [0.2, 0.25) is 0 Å². The summed E-state index contributed by atoms with van der Waals surface area (Å²) in [5, 5.41) is 3.04. The minimum Gasteiger partial charge on any atom is -0.350 e. The van der Waals surface area contributed by atoms with Crippen molar-refractivity contribution in [1.29, 1.82) is 0 Å². The number of nitrogen functional groups attached to an aromatic ring is 1. The van der Waals surface area contributed by atoms with Crippen LogP contribution < -0.4 is 16.6 Å². The standard InChI is InChI=1S/C16H28N4O/c1-5-14-9-13(10-15(19-14)20-17)16(21)18-12(4)8-6-7-11(2)3/h9-12H,5-8,17H2,1-4H3,(H,18,21)(H,19,20). The van der Waals surface area contributed by atoms with Crippen LogP contribution in [-0.2, 0) is 6.42 Å². The molecule has 0 aromatic carbocycles. The Morgan fingerprint density at radius 1 is 1.29 bits per heavy atom. The van der Waals surface area contributed by atoms with Crippen LogP contribution in [0.4, 0.5) is 5.82 Å². The molecule has 5 nitrogen and oxygen atoms in total. The number of hydrogen-bond donors (Lipinski definition) is 3. The molecule has 0 bridgehead atoms. The van der Waals surface area contributed by atoms with Gasteiger partial charge < -0.3 is 10.7 Å². The van der Waals surface area contributed by atoms with Gasteiger partial charge in [0.05, 0.1) is 0 Å². The molecule has 1 aromatic rings. The molecule has 0 spiro atoms. The number of aryl methyl sites for hydroxylation is 1. The zero-order valence-electron chi connectivity index (χ0n) is 13.6. The molecule has 1 aromatic heterocycles. The van der Waals surface area contributed by atoms with Crippen LogP contribution in [0.3, 0.4) is 0 Å². The van der Waals surface area contributed by atoms with Gasteiger partial charge in [0.1, 0.15) is 5.82 Å². The van der Waals surface area contributed by atoms with Crippen molar-refractivity contribution in [1.82, 2.24) is 10.3 Å². The number of pyridine rings is 1. The Morgan fingerprint density at radius 2 is 2.00 bits per heavy atom. The highest BCUT2D eigenvalue weighted by molar-refractivity contribution is 5.95. The van der Waals surface area contributed by atoms with Gasteiger partial charge in [0.2, 0.25) is 0 Å². The van der Waals surface area contributed by atoms with E-state index in [1.807, 2.05) is 19.9 Å². The van der Waals surface area contributed by atoms with E-state index in [1.165, 1.54) is 6.42 Å². The predicted octanol–water partition coefficient (Wildman–Crippen LogP) is 2.87. The molecule has 21 heavy (non-hydrogen) atoms. The summed E-state index contributed by atoms with van der Waals surface area (Å²) in [6.45, 7) is 8.47. The zero-order valence-corrected chi connectivity index (χ0v) is 13.6. The molecule has 1 unspecified atom stereocenters. The van der Waals surface area contributed by atoms with Gasteiger partial charge in [-0.15, -0.1) is 0 Å². The zero-order chi connectivity index (χ0) is 15.8. The van der Waals surface area contributed by atoms with Gasteiger partial charge in [0, 0.05) is 17.3 Å². The van der Waals surface area contributed by atoms with Gasteiger partial charge in [0.15, 0.2) is 0 Å². The first-order chi connectivity index (χ1) is 9.96. The molecule has 1 rings (SSSR count). The van der Waals surface area contributed by atoms with Gasteiger partial charge in [-0.25, -0.2) is 10.8 Å². The van der Waals surface area contributed by atoms with Crippen LogP contribution in [0.5, 0.6) is 0 Å². The Morgan fingerprint density at radius 3 is 2.57 bits per heavy atom. The van der Waals surface area contributed by atoms with Crippen molar-refractivity contribution in [2.75, 3.05) is 5.43 Å². The van der Waals surface area contributed by atoms with Crippen LogP contribution in [0, 0.1) is 5.92 Å². The number of nitrogens with zero attached hydrogens (tertiary/aromatic N) is 1. The third-order valence-corrected chi connectivity index (χ3v) is 3.45. The van der Waals surface area contributed by atoms with Gasteiger partial charge in [-0.05, 0) is 37.8 Å². The fourth-order valence-electron chi connectivity index (χ4n) is 2.19. The highest BCUT2D eigenvalue weighted by Crippen LogP contribution is 2.12. The van der Waals surface area contributed by atoms with Crippen LogP contribution in [0.15, 0.2) is 12.1 Å². The summed E-state index contributed by atoms with van der Waals surface area (Å²) in [6.07, 6.45) is 4.08. The summed E-state index contributed by atoms with van der Waals surface area (Å²) in [5.41, 5.74) is 3.96. The maximum Gasteiger partial charge on any atom is 0.251 e. The molecule has 0 fully saturated rings. The molecule has 1 amide bonds. The number of rotatable bonds is 8. The third kappa shape index (κ3) is 6.12. The first kappa shape index (κ1) is 17.4. The molecule has 1 atom stereocenters. The molecular formula is C16H28N4O. The van der Waals surface area contributed by atoms with Crippen LogP contribution in [0.25, 0.3) is 0 Å².